The highest BCUT2D eigenvalue weighted by atomic mass is 28.1. The molecule has 4 heterocycles. The molecular formula is C20H25N4O2Si. The van der Waals surface area contributed by atoms with Crippen molar-refractivity contribution in [2.24, 2.45) is 0 Å². The number of ether oxygens (including phenoxy) is 2. The van der Waals surface area contributed by atoms with Crippen LogP contribution < -0.4 is 9.47 Å². The number of pyridine rings is 1. The second-order valence-electron chi connectivity index (χ2n) is 7.64. The summed E-state index contributed by atoms with van der Waals surface area (Å²) in [5.74, 6) is 2.19. The molecule has 0 aliphatic carbocycles. The van der Waals surface area contributed by atoms with Crippen molar-refractivity contribution in [3.8, 4) is 11.6 Å². The molecule has 4 rings (SSSR count). The van der Waals surface area contributed by atoms with Crippen molar-refractivity contribution in [2.45, 2.75) is 44.7 Å². The first-order valence-electron chi connectivity index (χ1n) is 9.49. The van der Waals surface area contributed by atoms with E-state index in [0.717, 1.165) is 54.6 Å². The van der Waals surface area contributed by atoms with Crippen LogP contribution in [-0.4, -0.2) is 56.4 Å². The van der Waals surface area contributed by atoms with E-state index in [1.807, 2.05) is 26.0 Å². The van der Waals surface area contributed by atoms with Crippen molar-refractivity contribution >= 4 is 10.2 Å². The van der Waals surface area contributed by atoms with Crippen LogP contribution in [0.5, 0.6) is 11.6 Å². The van der Waals surface area contributed by atoms with E-state index in [9.17, 15) is 0 Å². The lowest BCUT2D eigenvalue weighted by Gasteiger charge is -2.28. The number of aryl methyl sites for hydroxylation is 2. The summed E-state index contributed by atoms with van der Waals surface area (Å²) in [6.45, 7) is 9.29. The van der Waals surface area contributed by atoms with Crippen molar-refractivity contribution in [2.75, 3.05) is 26.3 Å². The van der Waals surface area contributed by atoms with Gasteiger partial charge >= 0.3 is 0 Å². The van der Waals surface area contributed by atoms with E-state index < -0.39 is 0 Å². The maximum atomic E-state index is 5.64. The number of fused-ring (bicyclic) bond motifs is 1. The fourth-order valence-corrected chi connectivity index (χ4v) is 4.47. The zero-order chi connectivity index (χ0) is 19.0. The van der Waals surface area contributed by atoms with Gasteiger partial charge in [0, 0.05) is 34.2 Å². The Morgan fingerprint density at radius 3 is 2.81 bits per heavy atom. The molecule has 141 valence electrons. The van der Waals surface area contributed by atoms with E-state index in [0.29, 0.717) is 19.1 Å². The van der Waals surface area contributed by atoms with Gasteiger partial charge in [0.05, 0.1) is 5.69 Å². The number of rotatable bonds is 4. The Morgan fingerprint density at radius 2 is 2.00 bits per heavy atom. The highest BCUT2D eigenvalue weighted by Crippen LogP contribution is 2.41. The van der Waals surface area contributed by atoms with E-state index in [1.165, 1.54) is 0 Å². The smallest absolute Gasteiger partial charge is 0.257 e. The summed E-state index contributed by atoms with van der Waals surface area (Å²) in [6, 6.07) is 6.32. The van der Waals surface area contributed by atoms with Gasteiger partial charge in [0.1, 0.15) is 19.0 Å². The molecule has 1 saturated heterocycles. The van der Waals surface area contributed by atoms with Crippen molar-refractivity contribution in [1.82, 2.24) is 19.9 Å². The molecule has 7 heteroatoms. The highest BCUT2D eigenvalue weighted by Gasteiger charge is 2.37. The van der Waals surface area contributed by atoms with Crippen molar-refractivity contribution < 1.29 is 9.47 Å². The number of nitrogens with zero attached hydrogens (tertiary/aromatic N) is 4. The molecule has 2 aromatic rings. The minimum absolute atomic E-state index is 0.0231. The zero-order valence-corrected chi connectivity index (χ0v) is 17.2. The molecule has 1 fully saturated rings. The Balaban J connectivity index is 1.46. The summed E-state index contributed by atoms with van der Waals surface area (Å²) in [5.41, 5.74) is 3.14. The monoisotopic (exact) mass is 381 g/mol. The molecule has 0 saturated carbocycles. The van der Waals surface area contributed by atoms with Crippen LogP contribution in [0.4, 0.5) is 0 Å². The van der Waals surface area contributed by atoms with Crippen LogP contribution in [0.15, 0.2) is 18.2 Å². The molecular weight excluding hydrogens is 356 g/mol. The summed E-state index contributed by atoms with van der Waals surface area (Å²) in [6.07, 6.45) is 1.97. The average Bonchev–Trinajstić information content (AvgIpc) is 3.01. The van der Waals surface area contributed by atoms with Crippen LogP contribution in [0, 0.1) is 13.8 Å². The average molecular weight is 382 g/mol. The molecule has 2 aliphatic rings. The number of hydrogen-bond donors (Lipinski definition) is 0. The predicted octanol–water partition coefficient (Wildman–Crippen LogP) is 2.60. The van der Waals surface area contributed by atoms with Crippen molar-refractivity contribution in [3.63, 3.8) is 0 Å². The second kappa shape index (κ2) is 7.20. The first-order chi connectivity index (χ1) is 12.9. The Hall–Kier alpha value is -1.99. The molecule has 27 heavy (non-hydrogen) atoms. The SMILES string of the molecule is Cc1cc(C[C@]2([Si])CCN(C(C)c3ccc4c(n3)OCCO4)C2)nc(C)n1. The largest absolute Gasteiger partial charge is 0.484 e. The van der Waals surface area contributed by atoms with Crippen LogP contribution in [0.2, 0.25) is 5.04 Å². The normalized spacial score (nSPS) is 23.4. The van der Waals surface area contributed by atoms with Gasteiger partial charge < -0.3 is 9.47 Å². The third-order valence-electron chi connectivity index (χ3n) is 5.32. The molecule has 0 aromatic carbocycles. The zero-order valence-electron chi connectivity index (χ0n) is 16.2. The molecule has 3 radical (unpaired) electrons. The lowest BCUT2D eigenvalue weighted by molar-refractivity contribution is 0.162. The molecule has 0 bridgehead atoms. The lowest BCUT2D eigenvalue weighted by atomic mass is 10.0. The van der Waals surface area contributed by atoms with E-state index in [1.54, 1.807) is 0 Å². The van der Waals surface area contributed by atoms with E-state index in [4.69, 9.17) is 9.47 Å². The van der Waals surface area contributed by atoms with Crippen LogP contribution in [0.1, 0.15) is 42.3 Å². The third kappa shape index (κ3) is 3.99. The fraction of sp³-hybridized carbons (Fsp3) is 0.550. The summed E-state index contributed by atoms with van der Waals surface area (Å²) in [4.78, 5) is 16.1. The maximum absolute atomic E-state index is 5.64. The van der Waals surface area contributed by atoms with Gasteiger partial charge in [-0.25, -0.2) is 15.0 Å². The van der Waals surface area contributed by atoms with Gasteiger partial charge in [0.15, 0.2) is 5.75 Å². The molecule has 1 unspecified atom stereocenters. The molecule has 2 atom stereocenters. The van der Waals surface area contributed by atoms with Gasteiger partial charge in [-0.1, -0.05) is 0 Å². The first kappa shape index (κ1) is 18.4. The van der Waals surface area contributed by atoms with Crippen LogP contribution in [0.25, 0.3) is 0 Å². The standard InChI is InChI=1S/C20H25N4O2Si/c1-13-10-16(22-15(3)21-13)11-20(27)6-7-24(12-20)14(2)17-4-5-18-19(23-17)26-9-8-25-18/h4-5,10,14H,6-9,11-12H2,1-3H3/t14?,20-/m1/s1. The Bertz CT molecular complexity index is 826. The van der Waals surface area contributed by atoms with Gasteiger partial charge in [-0.05, 0) is 63.4 Å². The second-order valence-corrected chi connectivity index (χ2v) is 8.70. The van der Waals surface area contributed by atoms with Crippen LogP contribution in [0.3, 0.4) is 0 Å². The maximum Gasteiger partial charge on any atom is 0.257 e. The highest BCUT2D eigenvalue weighted by molar-refractivity contribution is 6.15. The van der Waals surface area contributed by atoms with Crippen molar-refractivity contribution in [1.29, 1.82) is 0 Å². The van der Waals surface area contributed by atoms with Gasteiger partial charge in [-0.15, -0.1) is 0 Å². The van der Waals surface area contributed by atoms with Gasteiger partial charge in [0.25, 0.3) is 5.88 Å². The van der Waals surface area contributed by atoms with Crippen molar-refractivity contribution in [3.05, 3.63) is 41.1 Å². The van der Waals surface area contributed by atoms with E-state index in [-0.39, 0.29) is 11.1 Å². The topological polar surface area (TPSA) is 60.4 Å². The summed E-state index contributed by atoms with van der Waals surface area (Å²) in [7, 11) is 4.07. The summed E-state index contributed by atoms with van der Waals surface area (Å²) >= 11 is 0. The van der Waals surface area contributed by atoms with E-state index >= 15 is 0 Å². The van der Waals surface area contributed by atoms with Gasteiger partial charge in [-0.2, -0.15) is 0 Å². The summed E-state index contributed by atoms with van der Waals surface area (Å²) in [5, 5.41) is 0.0231. The molecule has 2 aliphatic heterocycles. The number of aromatic nitrogens is 3. The molecule has 2 aromatic heterocycles. The minimum atomic E-state index is 0.0231. The number of hydrogen-bond acceptors (Lipinski definition) is 6. The Labute approximate surface area is 163 Å². The van der Waals surface area contributed by atoms with E-state index in [2.05, 4.69) is 43.1 Å². The first-order valence-corrected chi connectivity index (χ1v) is 9.99. The fourth-order valence-electron chi connectivity index (χ4n) is 3.98. The van der Waals surface area contributed by atoms with Crippen LogP contribution in [-0.2, 0) is 6.42 Å². The minimum Gasteiger partial charge on any atom is -0.484 e. The molecule has 0 spiro atoms. The van der Waals surface area contributed by atoms with Crippen LogP contribution >= 0.6 is 0 Å². The summed E-state index contributed by atoms with van der Waals surface area (Å²) < 4.78 is 11.2. The Morgan fingerprint density at radius 1 is 1.19 bits per heavy atom. The third-order valence-corrected chi connectivity index (χ3v) is 5.91. The molecule has 0 N–H and O–H groups in total. The quantitative estimate of drug-likeness (QED) is 0.759. The molecule has 6 nitrogen and oxygen atoms in total. The van der Waals surface area contributed by atoms with Gasteiger partial charge in [0.2, 0.25) is 0 Å². The van der Waals surface area contributed by atoms with Gasteiger partial charge in [-0.3, -0.25) is 4.90 Å². The predicted molar refractivity (Wildman–Crippen MR) is 103 cm³/mol. The molecule has 0 amide bonds. The lowest BCUT2D eigenvalue weighted by Crippen LogP contribution is -2.28. The Kier molecular flexibility index (Phi) is 4.90. The number of likely N-dealkylation sites (tertiary alicyclic amines) is 1.